The Hall–Kier alpha value is -1.67. The van der Waals surface area contributed by atoms with Gasteiger partial charge in [-0.05, 0) is 99.8 Å². The summed E-state index contributed by atoms with van der Waals surface area (Å²) in [6.45, 7) is 5.50. The number of rotatable bonds is 8. The van der Waals surface area contributed by atoms with Gasteiger partial charge in [0, 0.05) is 50.9 Å². The summed E-state index contributed by atoms with van der Waals surface area (Å²) in [5, 5.41) is 0. The molecule has 38 heavy (non-hydrogen) atoms. The predicted molar refractivity (Wildman–Crippen MR) is 142 cm³/mol. The SMILES string of the molecule is O=CN1CCN(CCCCOc2ccc(C3CCC4(CC3)OOC3(O4)C4CC5CC(C4)CC3C5)cc2)CC1. The van der Waals surface area contributed by atoms with Crippen molar-refractivity contribution < 1.29 is 24.0 Å². The van der Waals surface area contributed by atoms with Gasteiger partial charge in [-0.2, -0.15) is 9.78 Å². The Morgan fingerprint density at radius 1 is 0.868 bits per heavy atom. The number of ether oxygens (including phenoxy) is 2. The van der Waals surface area contributed by atoms with Gasteiger partial charge in [-0.3, -0.25) is 9.69 Å². The zero-order valence-corrected chi connectivity index (χ0v) is 22.7. The van der Waals surface area contributed by atoms with Crippen LogP contribution in [0.4, 0.5) is 0 Å². The Bertz CT molecular complexity index is 939. The van der Waals surface area contributed by atoms with Crippen molar-refractivity contribution in [2.75, 3.05) is 39.3 Å². The van der Waals surface area contributed by atoms with Gasteiger partial charge in [-0.1, -0.05) is 12.1 Å². The summed E-state index contributed by atoms with van der Waals surface area (Å²) >= 11 is 0. The van der Waals surface area contributed by atoms with Crippen LogP contribution in [-0.2, 0) is 19.3 Å². The number of carbonyl (C=O) groups is 1. The maximum absolute atomic E-state index is 10.8. The maximum Gasteiger partial charge on any atom is 0.210 e. The summed E-state index contributed by atoms with van der Waals surface area (Å²) in [5.74, 6) is 3.36. The van der Waals surface area contributed by atoms with E-state index in [1.54, 1.807) is 0 Å². The molecule has 7 aliphatic rings. The van der Waals surface area contributed by atoms with E-state index in [1.165, 1.54) is 37.7 Å². The number of amides is 1. The van der Waals surface area contributed by atoms with Gasteiger partial charge >= 0.3 is 0 Å². The van der Waals surface area contributed by atoms with Crippen LogP contribution in [0.15, 0.2) is 24.3 Å². The number of hydrogen-bond donors (Lipinski definition) is 0. The zero-order valence-electron chi connectivity index (χ0n) is 22.7. The van der Waals surface area contributed by atoms with E-state index < -0.39 is 11.6 Å². The maximum atomic E-state index is 10.8. The first kappa shape index (κ1) is 25.3. The standard InChI is InChI=1S/C31H44N2O5/c34-22-33-14-12-32(13-15-33)11-1-2-16-35-29-5-3-25(4-6-29)26-7-9-30(10-8-26)36-31(38-37-30)27-18-23-17-24(20-27)21-28(31)19-23/h3-6,22-24,26-28H,1-2,7-21H2. The summed E-state index contributed by atoms with van der Waals surface area (Å²) in [7, 11) is 0. The number of benzene rings is 1. The summed E-state index contributed by atoms with van der Waals surface area (Å²) in [4.78, 5) is 27.5. The minimum atomic E-state index is -0.531. The number of unbranched alkanes of at least 4 members (excludes halogenated alkanes) is 1. The second kappa shape index (κ2) is 10.4. The highest BCUT2D eigenvalue weighted by molar-refractivity contribution is 5.47. The highest BCUT2D eigenvalue weighted by atomic mass is 17.3. The van der Waals surface area contributed by atoms with E-state index in [0.29, 0.717) is 17.8 Å². The van der Waals surface area contributed by atoms with Gasteiger partial charge in [0.05, 0.1) is 6.61 Å². The molecule has 208 valence electrons. The van der Waals surface area contributed by atoms with Gasteiger partial charge in [0.15, 0.2) is 0 Å². The second-order valence-corrected chi connectivity index (χ2v) is 13.1. The van der Waals surface area contributed by atoms with E-state index in [9.17, 15) is 4.79 Å². The second-order valence-electron chi connectivity index (χ2n) is 13.1. The number of piperazine rings is 1. The molecule has 8 rings (SSSR count). The average Bonchev–Trinajstić information content (AvgIpc) is 3.32. The Labute approximate surface area is 227 Å². The molecule has 2 spiro atoms. The van der Waals surface area contributed by atoms with Gasteiger partial charge in [0.2, 0.25) is 18.0 Å². The molecule has 7 nitrogen and oxygen atoms in total. The van der Waals surface area contributed by atoms with Gasteiger partial charge in [0.1, 0.15) is 5.75 Å². The summed E-state index contributed by atoms with van der Waals surface area (Å²) in [5.41, 5.74) is 1.39. The zero-order chi connectivity index (χ0) is 25.6. The normalized spacial score (nSPS) is 40.3. The molecule has 1 amide bonds. The quantitative estimate of drug-likeness (QED) is 0.268. The molecule has 7 heteroatoms. The fourth-order valence-electron chi connectivity index (χ4n) is 8.74. The lowest BCUT2D eigenvalue weighted by Crippen LogP contribution is -2.59. The molecular formula is C31H44N2O5. The highest BCUT2D eigenvalue weighted by Crippen LogP contribution is 2.64. The van der Waals surface area contributed by atoms with E-state index >= 15 is 0 Å². The van der Waals surface area contributed by atoms with Crippen molar-refractivity contribution in [3.8, 4) is 5.75 Å². The van der Waals surface area contributed by atoms with E-state index in [1.807, 2.05) is 4.90 Å². The van der Waals surface area contributed by atoms with Crippen LogP contribution in [0.2, 0.25) is 0 Å². The molecule has 2 saturated heterocycles. The molecule has 2 heterocycles. The molecule has 2 aliphatic heterocycles. The topological polar surface area (TPSA) is 60.5 Å². The van der Waals surface area contributed by atoms with Crippen LogP contribution in [0.5, 0.6) is 5.75 Å². The van der Waals surface area contributed by atoms with Crippen molar-refractivity contribution in [2.24, 2.45) is 23.7 Å². The summed E-state index contributed by atoms with van der Waals surface area (Å²) in [6, 6.07) is 8.76. The van der Waals surface area contributed by atoms with E-state index in [0.717, 1.165) is 102 Å². The van der Waals surface area contributed by atoms with Crippen molar-refractivity contribution >= 4 is 6.41 Å². The van der Waals surface area contributed by atoms with Crippen LogP contribution in [0.3, 0.4) is 0 Å². The van der Waals surface area contributed by atoms with Crippen LogP contribution < -0.4 is 4.74 Å². The summed E-state index contributed by atoms with van der Waals surface area (Å²) < 4.78 is 12.9. The first-order chi connectivity index (χ1) is 18.6. The Kier molecular flexibility index (Phi) is 6.91. The monoisotopic (exact) mass is 524 g/mol. The largest absolute Gasteiger partial charge is 0.494 e. The average molecular weight is 525 g/mol. The Morgan fingerprint density at radius 2 is 1.55 bits per heavy atom. The molecule has 5 saturated carbocycles. The molecule has 5 aliphatic carbocycles. The molecule has 0 radical (unpaired) electrons. The van der Waals surface area contributed by atoms with Crippen LogP contribution in [0.1, 0.15) is 82.1 Å². The molecule has 0 N–H and O–H groups in total. The Morgan fingerprint density at radius 3 is 2.21 bits per heavy atom. The number of carbonyl (C=O) groups excluding carboxylic acids is 1. The van der Waals surface area contributed by atoms with Crippen molar-refractivity contribution in [1.82, 2.24) is 9.80 Å². The molecular weight excluding hydrogens is 480 g/mol. The molecule has 0 aromatic heterocycles. The highest BCUT2D eigenvalue weighted by Gasteiger charge is 2.66. The fourth-order valence-corrected chi connectivity index (χ4v) is 8.74. The third-order valence-electron chi connectivity index (χ3n) is 10.7. The van der Waals surface area contributed by atoms with Crippen molar-refractivity contribution in [2.45, 2.75) is 88.1 Å². The minimum Gasteiger partial charge on any atom is -0.494 e. The molecule has 0 atom stereocenters. The third-order valence-corrected chi connectivity index (χ3v) is 10.7. The fraction of sp³-hybridized carbons (Fsp3) is 0.774. The number of nitrogens with zero attached hydrogens (tertiary/aromatic N) is 2. The molecule has 0 unspecified atom stereocenters. The van der Waals surface area contributed by atoms with Crippen molar-refractivity contribution in [3.63, 3.8) is 0 Å². The van der Waals surface area contributed by atoms with Gasteiger partial charge in [-0.15, -0.1) is 0 Å². The van der Waals surface area contributed by atoms with Crippen molar-refractivity contribution in [1.29, 1.82) is 0 Å². The molecule has 7 fully saturated rings. The van der Waals surface area contributed by atoms with E-state index in [-0.39, 0.29) is 0 Å². The van der Waals surface area contributed by atoms with E-state index in [2.05, 4.69) is 29.2 Å². The van der Waals surface area contributed by atoms with Crippen molar-refractivity contribution in [3.05, 3.63) is 29.8 Å². The minimum absolute atomic E-state index is 0.454. The molecule has 1 aromatic rings. The Balaban J connectivity index is 0.850. The first-order valence-corrected chi connectivity index (χ1v) is 15.3. The van der Waals surface area contributed by atoms with Crippen LogP contribution >= 0.6 is 0 Å². The summed E-state index contributed by atoms with van der Waals surface area (Å²) in [6.07, 6.45) is 13.6. The smallest absolute Gasteiger partial charge is 0.210 e. The van der Waals surface area contributed by atoms with Crippen LogP contribution in [0, 0.1) is 23.7 Å². The molecule has 4 bridgehead atoms. The van der Waals surface area contributed by atoms with Gasteiger partial charge in [-0.25, -0.2) is 0 Å². The lowest BCUT2D eigenvalue weighted by molar-refractivity contribution is -0.390. The lowest BCUT2D eigenvalue weighted by atomic mass is 9.53. The number of hydrogen-bond acceptors (Lipinski definition) is 6. The van der Waals surface area contributed by atoms with Gasteiger partial charge < -0.3 is 14.4 Å². The van der Waals surface area contributed by atoms with Crippen LogP contribution in [0.25, 0.3) is 0 Å². The first-order valence-electron chi connectivity index (χ1n) is 15.3. The van der Waals surface area contributed by atoms with E-state index in [4.69, 9.17) is 19.2 Å². The third kappa shape index (κ3) is 4.78. The lowest BCUT2D eigenvalue weighted by Gasteiger charge is -2.57. The van der Waals surface area contributed by atoms with Gasteiger partial charge in [0.25, 0.3) is 0 Å². The van der Waals surface area contributed by atoms with Crippen LogP contribution in [-0.4, -0.2) is 67.1 Å². The predicted octanol–water partition coefficient (Wildman–Crippen LogP) is 5.10. The molecule has 1 aromatic carbocycles.